The number of rotatable bonds is 2. The summed E-state index contributed by atoms with van der Waals surface area (Å²) in [4.78, 5) is 16.3. The van der Waals surface area contributed by atoms with Crippen molar-refractivity contribution in [2.45, 2.75) is 58.7 Å². The molecule has 0 radical (unpaired) electrons. The van der Waals surface area contributed by atoms with Crippen LogP contribution in [0.1, 0.15) is 40.5 Å². The third-order valence-electron chi connectivity index (χ3n) is 4.11. The summed E-state index contributed by atoms with van der Waals surface area (Å²) in [6, 6.07) is 1.46. The Morgan fingerprint density at radius 2 is 1.88 bits per heavy atom. The number of likely N-dealkylation sites (N-methyl/N-ethyl adjacent to an activating group) is 2. The lowest BCUT2D eigenvalue weighted by Crippen LogP contribution is -2.56. The summed E-state index contributed by atoms with van der Waals surface area (Å²) in [6.07, 6.45) is 2.31. The lowest BCUT2D eigenvalue weighted by Gasteiger charge is -2.45. The van der Waals surface area contributed by atoms with Gasteiger partial charge in [-0.15, -0.1) is 0 Å². The van der Waals surface area contributed by atoms with Crippen molar-refractivity contribution >= 4 is 5.91 Å². The maximum atomic E-state index is 12.0. The van der Waals surface area contributed by atoms with Crippen molar-refractivity contribution < 1.29 is 4.79 Å². The average molecular weight is 226 g/mol. The molecular weight excluding hydrogens is 200 g/mol. The van der Waals surface area contributed by atoms with Crippen LogP contribution in [0.2, 0.25) is 0 Å². The zero-order chi connectivity index (χ0) is 12.5. The van der Waals surface area contributed by atoms with Crippen molar-refractivity contribution in [2.24, 2.45) is 5.92 Å². The molecule has 3 heteroatoms. The van der Waals surface area contributed by atoms with E-state index in [1.807, 2.05) is 25.8 Å². The molecule has 3 nitrogen and oxygen atoms in total. The zero-order valence-electron chi connectivity index (χ0n) is 11.5. The average Bonchev–Trinajstić information content (AvgIpc) is 2.24. The predicted octanol–water partition coefficient (Wildman–Crippen LogP) is 1.97. The summed E-state index contributed by atoms with van der Waals surface area (Å²) in [6.45, 7) is 8.43. The summed E-state index contributed by atoms with van der Waals surface area (Å²) in [5, 5.41) is 0. The van der Waals surface area contributed by atoms with Crippen LogP contribution in [-0.2, 0) is 4.79 Å². The Morgan fingerprint density at radius 1 is 1.31 bits per heavy atom. The highest BCUT2D eigenvalue weighted by molar-refractivity contribution is 5.78. The molecule has 3 unspecified atom stereocenters. The first-order valence-corrected chi connectivity index (χ1v) is 6.34. The summed E-state index contributed by atoms with van der Waals surface area (Å²) in [5.41, 5.74) is 0. The Morgan fingerprint density at radius 3 is 2.38 bits per heavy atom. The molecule has 0 saturated carbocycles. The Kier molecular flexibility index (Phi) is 4.36. The summed E-state index contributed by atoms with van der Waals surface area (Å²) in [7, 11) is 4.11. The van der Waals surface area contributed by atoms with E-state index in [1.54, 1.807) is 0 Å². The molecule has 0 aromatic heterocycles. The van der Waals surface area contributed by atoms with Crippen molar-refractivity contribution in [1.29, 1.82) is 0 Å². The normalized spacial score (nSPS) is 31.8. The molecule has 1 amide bonds. The lowest BCUT2D eigenvalue weighted by atomic mass is 9.91. The number of carbonyl (C=O) groups excluding carboxylic acids is 1. The van der Waals surface area contributed by atoms with Crippen LogP contribution in [0.15, 0.2) is 0 Å². The topological polar surface area (TPSA) is 23.6 Å². The van der Waals surface area contributed by atoms with Gasteiger partial charge in [0.2, 0.25) is 5.91 Å². The first-order valence-electron chi connectivity index (χ1n) is 6.34. The van der Waals surface area contributed by atoms with Gasteiger partial charge in [-0.2, -0.15) is 0 Å². The Labute approximate surface area is 99.8 Å². The summed E-state index contributed by atoms with van der Waals surface area (Å²) >= 11 is 0. The second kappa shape index (κ2) is 5.17. The van der Waals surface area contributed by atoms with E-state index in [0.29, 0.717) is 18.1 Å². The van der Waals surface area contributed by atoms with Crippen LogP contribution in [0.25, 0.3) is 0 Å². The van der Waals surface area contributed by atoms with Gasteiger partial charge in [0, 0.05) is 31.1 Å². The summed E-state index contributed by atoms with van der Waals surface area (Å²) in [5.74, 6) is 0.363. The number of piperidine rings is 1. The van der Waals surface area contributed by atoms with Gasteiger partial charge >= 0.3 is 0 Å². The first kappa shape index (κ1) is 13.5. The van der Waals surface area contributed by atoms with Gasteiger partial charge in [0.1, 0.15) is 0 Å². The predicted molar refractivity (Wildman–Crippen MR) is 67.3 cm³/mol. The van der Waals surface area contributed by atoms with E-state index in [2.05, 4.69) is 25.8 Å². The minimum absolute atomic E-state index is 0.0989. The van der Waals surface area contributed by atoms with Crippen LogP contribution in [0.4, 0.5) is 0 Å². The molecule has 0 bridgehead atoms. The van der Waals surface area contributed by atoms with Gasteiger partial charge in [-0.1, -0.05) is 13.8 Å². The number of carbonyl (C=O) groups is 1. The maximum Gasteiger partial charge on any atom is 0.225 e. The molecule has 1 aliphatic rings. The Balaban J connectivity index is 2.70. The van der Waals surface area contributed by atoms with Gasteiger partial charge < -0.3 is 4.90 Å². The Bertz CT molecular complexity index is 252. The highest BCUT2D eigenvalue weighted by Crippen LogP contribution is 2.25. The van der Waals surface area contributed by atoms with E-state index in [1.165, 1.54) is 6.42 Å². The smallest absolute Gasteiger partial charge is 0.225 e. The SMILES string of the molecule is CC(C)C(=O)N(C)C1CCC(C)N(C)C1C. The maximum absolute atomic E-state index is 12.0. The van der Waals surface area contributed by atoms with Gasteiger partial charge in [0.05, 0.1) is 0 Å². The molecule has 1 heterocycles. The standard InChI is InChI=1S/C13H26N2O/c1-9(2)13(16)15(6)12-8-7-10(3)14(5)11(12)4/h9-12H,7-8H2,1-6H3. The van der Waals surface area contributed by atoms with E-state index in [-0.39, 0.29) is 11.8 Å². The van der Waals surface area contributed by atoms with Crippen LogP contribution in [0, 0.1) is 5.92 Å². The third kappa shape index (κ3) is 2.57. The molecule has 0 aromatic carbocycles. The molecular formula is C13H26N2O. The third-order valence-corrected chi connectivity index (χ3v) is 4.11. The molecule has 94 valence electrons. The second-order valence-electron chi connectivity index (χ2n) is 5.50. The molecule has 0 aliphatic carbocycles. The van der Waals surface area contributed by atoms with Gasteiger partial charge in [-0.05, 0) is 33.7 Å². The van der Waals surface area contributed by atoms with Gasteiger partial charge in [-0.25, -0.2) is 0 Å². The largest absolute Gasteiger partial charge is 0.341 e. The number of hydrogen-bond donors (Lipinski definition) is 0. The molecule has 0 N–H and O–H groups in total. The zero-order valence-corrected chi connectivity index (χ0v) is 11.5. The molecule has 3 atom stereocenters. The van der Waals surface area contributed by atoms with Crippen molar-refractivity contribution in [3.8, 4) is 0 Å². The minimum atomic E-state index is 0.0989. The minimum Gasteiger partial charge on any atom is -0.341 e. The summed E-state index contributed by atoms with van der Waals surface area (Å²) < 4.78 is 0. The molecule has 1 fully saturated rings. The van der Waals surface area contributed by atoms with Crippen LogP contribution in [0.5, 0.6) is 0 Å². The van der Waals surface area contributed by atoms with Crippen molar-refractivity contribution in [3.63, 3.8) is 0 Å². The molecule has 0 aromatic rings. The number of likely N-dealkylation sites (tertiary alicyclic amines) is 1. The monoisotopic (exact) mass is 226 g/mol. The fraction of sp³-hybridized carbons (Fsp3) is 0.923. The molecule has 1 rings (SSSR count). The fourth-order valence-electron chi connectivity index (χ4n) is 2.62. The second-order valence-corrected chi connectivity index (χ2v) is 5.50. The lowest BCUT2D eigenvalue weighted by molar-refractivity contribution is -0.137. The van der Waals surface area contributed by atoms with Crippen LogP contribution < -0.4 is 0 Å². The van der Waals surface area contributed by atoms with E-state index < -0.39 is 0 Å². The van der Waals surface area contributed by atoms with Gasteiger partial charge in [0.15, 0.2) is 0 Å². The fourth-order valence-corrected chi connectivity index (χ4v) is 2.62. The Hall–Kier alpha value is -0.570. The first-order chi connectivity index (χ1) is 7.36. The van der Waals surface area contributed by atoms with E-state index >= 15 is 0 Å². The van der Waals surface area contributed by atoms with Gasteiger partial charge in [0.25, 0.3) is 0 Å². The quantitative estimate of drug-likeness (QED) is 0.719. The van der Waals surface area contributed by atoms with Crippen molar-refractivity contribution in [1.82, 2.24) is 9.80 Å². The highest BCUT2D eigenvalue weighted by Gasteiger charge is 2.34. The molecule has 1 aliphatic heterocycles. The van der Waals surface area contributed by atoms with E-state index in [4.69, 9.17) is 0 Å². The number of hydrogen-bond acceptors (Lipinski definition) is 2. The molecule has 1 saturated heterocycles. The van der Waals surface area contributed by atoms with Crippen LogP contribution in [-0.4, -0.2) is 47.9 Å². The van der Waals surface area contributed by atoms with Crippen LogP contribution in [0.3, 0.4) is 0 Å². The highest BCUT2D eigenvalue weighted by atomic mass is 16.2. The van der Waals surface area contributed by atoms with Gasteiger partial charge in [-0.3, -0.25) is 9.69 Å². The number of amides is 1. The van der Waals surface area contributed by atoms with E-state index in [0.717, 1.165) is 6.42 Å². The molecule has 0 spiro atoms. The number of nitrogens with zero attached hydrogens (tertiary/aromatic N) is 2. The van der Waals surface area contributed by atoms with Crippen molar-refractivity contribution in [3.05, 3.63) is 0 Å². The van der Waals surface area contributed by atoms with Crippen LogP contribution >= 0.6 is 0 Å². The van der Waals surface area contributed by atoms with E-state index in [9.17, 15) is 4.79 Å². The van der Waals surface area contributed by atoms with Crippen molar-refractivity contribution in [2.75, 3.05) is 14.1 Å². The molecule has 16 heavy (non-hydrogen) atoms.